The molecule has 1 rings (SSSR count). The summed E-state index contributed by atoms with van der Waals surface area (Å²) in [6, 6.07) is -0.937. The Morgan fingerprint density at radius 2 is 2.41 bits per heavy atom. The van der Waals surface area contributed by atoms with Crippen molar-refractivity contribution in [2.24, 2.45) is 0 Å². The van der Waals surface area contributed by atoms with E-state index >= 15 is 0 Å². The van der Waals surface area contributed by atoms with Crippen molar-refractivity contribution in [3.05, 3.63) is 0 Å². The zero-order chi connectivity index (χ0) is 12.7. The highest BCUT2D eigenvalue weighted by atomic mass is 16.5. The average molecular weight is 246 g/mol. The second kappa shape index (κ2) is 7.21. The van der Waals surface area contributed by atoms with Crippen LogP contribution in [-0.4, -0.2) is 62.5 Å². The number of carbonyl (C=O) groups is 2. The summed E-state index contributed by atoms with van der Waals surface area (Å²) >= 11 is 0. The molecule has 2 atom stereocenters. The molecule has 17 heavy (non-hydrogen) atoms. The number of methoxy groups -OCH3 is 1. The van der Waals surface area contributed by atoms with E-state index in [0.717, 1.165) is 0 Å². The number of aliphatic carboxylic acids is 1. The first kappa shape index (κ1) is 13.9. The van der Waals surface area contributed by atoms with Crippen LogP contribution in [-0.2, 0) is 19.1 Å². The summed E-state index contributed by atoms with van der Waals surface area (Å²) in [5.74, 6) is -1.47. The Hall–Kier alpha value is -1.18. The quantitative estimate of drug-likeness (QED) is 0.532. The Labute approximate surface area is 99.5 Å². The SMILES string of the molecule is COCCC(NC(=O)C1CNCCO1)C(=O)O. The Kier molecular flexibility index (Phi) is 5.88. The van der Waals surface area contributed by atoms with Gasteiger partial charge in [0.2, 0.25) is 0 Å². The molecule has 7 nitrogen and oxygen atoms in total. The van der Waals surface area contributed by atoms with E-state index in [9.17, 15) is 9.59 Å². The summed E-state index contributed by atoms with van der Waals surface area (Å²) in [4.78, 5) is 22.6. The Morgan fingerprint density at radius 1 is 1.65 bits per heavy atom. The number of carboxylic acids is 1. The number of carboxylic acid groups (broad SMARTS) is 1. The summed E-state index contributed by atoms with van der Waals surface area (Å²) in [7, 11) is 1.48. The highest BCUT2D eigenvalue weighted by Crippen LogP contribution is 1.99. The van der Waals surface area contributed by atoms with Crippen molar-refractivity contribution in [1.29, 1.82) is 0 Å². The molecule has 0 aliphatic carbocycles. The zero-order valence-corrected chi connectivity index (χ0v) is 9.77. The zero-order valence-electron chi connectivity index (χ0n) is 9.77. The number of ether oxygens (including phenoxy) is 2. The van der Waals surface area contributed by atoms with Crippen molar-refractivity contribution in [2.45, 2.75) is 18.6 Å². The van der Waals surface area contributed by atoms with Crippen LogP contribution >= 0.6 is 0 Å². The van der Waals surface area contributed by atoms with E-state index in [-0.39, 0.29) is 13.0 Å². The first-order valence-electron chi connectivity index (χ1n) is 5.49. The van der Waals surface area contributed by atoms with Gasteiger partial charge in [0.05, 0.1) is 6.61 Å². The van der Waals surface area contributed by atoms with Gasteiger partial charge in [0, 0.05) is 33.2 Å². The van der Waals surface area contributed by atoms with Crippen molar-refractivity contribution >= 4 is 11.9 Å². The molecule has 3 N–H and O–H groups in total. The lowest BCUT2D eigenvalue weighted by molar-refractivity contribution is -0.145. The predicted octanol–water partition coefficient (Wildman–Crippen LogP) is -1.42. The van der Waals surface area contributed by atoms with Gasteiger partial charge in [0.15, 0.2) is 0 Å². The summed E-state index contributed by atoms with van der Waals surface area (Å²) in [5.41, 5.74) is 0. The van der Waals surface area contributed by atoms with E-state index in [1.165, 1.54) is 7.11 Å². The normalized spacial score (nSPS) is 21.8. The maximum absolute atomic E-state index is 11.7. The number of carbonyl (C=O) groups excluding carboxylic acids is 1. The molecule has 1 fully saturated rings. The third-order valence-electron chi connectivity index (χ3n) is 2.45. The lowest BCUT2D eigenvalue weighted by Gasteiger charge is -2.24. The number of rotatable bonds is 6. The van der Waals surface area contributed by atoms with Crippen molar-refractivity contribution < 1.29 is 24.2 Å². The van der Waals surface area contributed by atoms with Gasteiger partial charge >= 0.3 is 5.97 Å². The van der Waals surface area contributed by atoms with Crippen LogP contribution in [0, 0.1) is 0 Å². The monoisotopic (exact) mass is 246 g/mol. The lowest BCUT2D eigenvalue weighted by atomic mass is 10.2. The molecule has 0 aromatic rings. The molecule has 98 valence electrons. The third-order valence-corrected chi connectivity index (χ3v) is 2.45. The molecule has 1 saturated heterocycles. The van der Waals surface area contributed by atoms with E-state index in [1.54, 1.807) is 0 Å². The van der Waals surface area contributed by atoms with Crippen molar-refractivity contribution in [1.82, 2.24) is 10.6 Å². The third kappa shape index (κ3) is 4.68. The minimum Gasteiger partial charge on any atom is -0.480 e. The predicted molar refractivity (Wildman–Crippen MR) is 58.7 cm³/mol. The topological polar surface area (TPSA) is 96.9 Å². The smallest absolute Gasteiger partial charge is 0.326 e. The first-order valence-corrected chi connectivity index (χ1v) is 5.49. The second-order valence-corrected chi connectivity index (χ2v) is 3.74. The van der Waals surface area contributed by atoms with Crippen molar-refractivity contribution in [3.63, 3.8) is 0 Å². The average Bonchev–Trinajstić information content (AvgIpc) is 2.35. The van der Waals surface area contributed by atoms with E-state index in [4.69, 9.17) is 14.6 Å². The highest BCUT2D eigenvalue weighted by Gasteiger charge is 2.26. The van der Waals surface area contributed by atoms with E-state index in [0.29, 0.717) is 19.7 Å². The van der Waals surface area contributed by atoms with E-state index < -0.39 is 24.0 Å². The number of hydrogen-bond donors (Lipinski definition) is 3. The standard InChI is InChI=1S/C10H18N2O5/c1-16-4-2-7(10(14)15)12-9(13)8-6-11-3-5-17-8/h7-8,11H,2-6H2,1H3,(H,12,13)(H,14,15). The Balaban J connectivity index is 2.42. The molecule has 2 unspecified atom stereocenters. The van der Waals surface area contributed by atoms with Crippen LogP contribution in [0.1, 0.15) is 6.42 Å². The van der Waals surface area contributed by atoms with Gasteiger partial charge in [-0.3, -0.25) is 4.79 Å². The van der Waals surface area contributed by atoms with Gasteiger partial charge in [0.1, 0.15) is 12.1 Å². The summed E-state index contributed by atoms with van der Waals surface area (Å²) in [5, 5.41) is 14.4. The van der Waals surface area contributed by atoms with Gasteiger partial charge in [-0.05, 0) is 0 Å². The highest BCUT2D eigenvalue weighted by molar-refractivity contribution is 5.86. The van der Waals surface area contributed by atoms with Crippen molar-refractivity contribution in [2.75, 3.05) is 33.4 Å². The molecule has 0 saturated carbocycles. The maximum atomic E-state index is 11.7. The molecule has 0 radical (unpaired) electrons. The summed E-state index contributed by atoms with van der Waals surface area (Å²) < 4.78 is 10.0. The number of hydrogen-bond acceptors (Lipinski definition) is 5. The fourth-order valence-electron chi connectivity index (χ4n) is 1.49. The molecule has 0 spiro atoms. The van der Waals surface area contributed by atoms with Gasteiger partial charge in [-0.2, -0.15) is 0 Å². The number of morpholine rings is 1. The number of amides is 1. The molecule has 0 bridgehead atoms. The largest absolute Gasteiger partial charge is 0.480 e. The van der Waals surface area contributed by atoms with E-state index in [2.05, 4.69) is 10.6 Å². The van der Waals surface area contributed by atoms with Crippen LogP contribution in [0.5, 0.6) is 0 Å². The molecule has 0 aromatic carbocycles. The minimum atomic E-state index is -1.07. The molecule has 1 amide bonds. The van der Waals surface area contributed by atoms with Crippen molar-refractivity contribution in [3.8, 4) is 0 Å². The molecule has 1 heterocycles. The molecule has 7 heteroatoms. The van der Waals surface area contributed by atoms with Gasteiger partial charge < -0.3 is 25.2 Å². The van der Waals surface area contributed by atoms with E-state index in [1.807, 2.05) is 0 Å². The van der Waals surface area contributed by atoms with Crippen LogP contribution in [0.3, 0.4) is 0 Å². The molecule has 0 aromatic heterocycles. The van der Waals surface area contributed by atoms with Gasteiger partial charge in [-0.15, -0.1) is 0 Å². The molecular weight excluding hydrogens is 228 g/mol. The van der Waals surface area contributed by atoms with Crippen LogP contribution < -0.4 is 10.6 Å². The Bertz CT molecular complexity index is 265. The summed E-state index contributed by atoms with van der Waals surface area (Å²) in [6.07, 6.45) is -0.384. The Morgan fingerprint density at radius 3 is 2.94 bits per heavy atom. The van der Waals surface area contributed by atoms with Gasteiger partial charge in [-0.1, -0.05) is 0 Å². The fourth-order valence-corrected chi connectivity index (χ4v) is 1.49. The molecule has 1 aliphatic heterocycles. The second-order valence-electron chi connectivity index (χ2n) is 3.74. The first-order chi connectivity index (χ1) is 8.15. The molecule has 1 aliphatic rings. The van der Waals surface area contributed by atoms with Crippen LogP contribution in [0.2, 0.25) is 0 Å². The minimum absolute atomic E-state index is 0.234. The van der Waals surface area contributed by atoms with Gasteiger partial charge in [0.25, 0.3) is 5.91 Å². The molecular formula is C10H18N2O5. The van der Waals surface area contributed by atoms with Crippen LogP contribution in [0.15, 0.2) is 0 Å². The summed E-state index contributed by atoms with van der Waals surface area (Å²) in [6.45, 7) is 1.84. The van der Waals surface area contributed by atoms with Crippen LogP contribution in [0.25, 0.3) is 0 Å². The maximum Gasteiger partial charge on any atom is 0.326 e. The van der Waals surface area contributed by atoms with Crippen LogP contribution in [0.4, 0.5) is 0 Å². The number of nitrogens with one attached hydrogen (secondary N) is 2. The fraction of sp³-hybridized carbons (Fsp3) is 0.800. The van der Waals surface area contributed by atoms with Gasteiger partial charge in [-0.25, -0.2) is 4.79 Å². The lowest BCUT2D eigenvalue weighted by Crippen LogP contribution is -2.52.